The number of carbonyl (C=O) groups is 1. The quantitative estimate of drug-likeness (QED) is 0.668. The Hall–Kier alpha value is -2.84. The van der Waals surface area contributed by atoms with Crippen LogP contribution in [0.15, 0.2) is 57.9 Å². The minimum Gasteiger partial charge on any atom is -0.351 e. The minimum absolute atomic E-state index is 0.0387. The van der Waals surface area contributed by atoms with Gasteiger partial charge in [0.05, 0.1) is 10.6 Å². The van der Waals surface area contributed by atoms with Crippen molar-refractivity contribution in [1.82, 2.24) is 5.16 Å². The van der Waals surface area contributed by atoms with E-state index in [1.807, 2.05) is 0 Å². The molecule has 0 spiro atoms. The molecule has 0 aliphatic heterocycles. The maximum absolute atomic E-state index is 12.7. The molecule has 9 heteroatoms. The number of anilines is 2. The van der Waals surface area contributed by atoms with E-state index in [0.29, 0.717) is 27.7 Å². The fraction of sp³-hybridized carbons (Fsp3) is 0.111. The molecule has 1 heterocycles. The number of carbonyl (C=O) groups excluding carboxylic acids is 1. The van der Waals surface area contributed by atoms with Gasteiger partial charge in [-0.3, -0.25) is 9.52 Å². The fourth-order valence-corrected chi connectivity index (χ4v) is 3.82. The molecule has 0 atom stereocenters. The number of nitrogens with zero attached hydrogens (tertiary/aromatic N) is 1. The second kappa shape index (κ2) is 7.42. The molecule has 0 aliphatic rings. The monoisotopic (exact) mass is 405 g/mol. The van der Waals surface area contributed by atoms with Gasteiger partial charge < -0.3 is 9.84 Å². The summed E-state index contributed by atoms with van der Waals surface area (Å²) in [5.41, 5.74) is 1.80. The average molecular weight is 406 g/mol. The number of benzene rings is 2. The number of nitrogens with one attached hydrogen (secondary N) is 2. The molecule has 140 valence electrons. The SMILES string of the molecule is Cc1cc(C(=O)Nc2ccc(C)c(S(=O)(=O)Nc3ccc(Cl)cc3)c2)on1. The van der Waals surface area contributed by atoms with E-state index in [2.05, 4.69) is 15.2 Å². The molecule has 2 N–H and O–H groups in total. The number of aryl methyl sites for hydroxylation is 2. The summed E-state index contributed by atoms with van der Waals surface area (Å²) in [6.45, 7) is 3.36. The largest absolute Gasteiger partial charge is 0.351 e. The van der Waals surface area contributed by atoms with Crippen molar-refractivity contribution in [3.63, 3.8) is 0 Å². The van der Waals surface area contributed by atoms with Gasteiger partial charge in [-0.2, -0.15) is 0 Å². The van der Waals surface area contributed by atoms with Gasteiger partial charge in [-0.15, -0.1) is 0 Å². The van der Waals surface area contributed by atoms with E-state index in [4.69, 9.17) is 16.1 Å². The lowest BCUT2D eigenvalue weighted by atomic mass is 10.2. The Morgan fingerprint density at radius 2 is 1.70 bits per heavy atom. The first-order valence-electron chi connectivity index (χ1n) is 7.88. The van der Waals surface area contributed by atoms with Crippen LogP contribution in [-0.2, 0) is 10.0 Å². The van der Waals surface area contributed by atoms with Gasteiger partial charge in [-0.25, -0.2) is 8.42 Å². The third-order valence-corrected chi connectivity index (χ3v) is 5.46. The minimum atomic E-state index is -3.86. The zero-order chi connectivity index (χ0) is 19.6. The number of aromatic nitrogens is 1. The number of hydrogen-bond donors (Lipinski definition) is 2. The van der Waals surface area contributed by atoms with Crippen LogP contribution in [0, 0.1) is 13.8 Å². The van der Waals surface area contributed by atoms with Crippen LogP contribution in [0.4, 0.5) is 11.4 Å². The Labute approximate surface area is 161 Å². The van der Waals surface area contributed by atoms with Crippen molar-refractivity contribution in [2.75, 3.05) is 10.0 Å². The molecule has 27 heavy (non-hydrogen) atoms. The molecule has 1 amide bonds. The highest BCUT2D eigenvalue weighted by molar-refractivity contribution is 7.92. The summed E-state index contributed by atoms with van der Waals surface area (Å²) >= 11 is 5.82. The Bertz CT molecular complexity index is 1090. The van der Waals surface area contributed by atoms with Gasteiger partial charge in [0, 0.05) is 22.5 Å². The maximum Gasteiger partial charge on any atom is 0.294 e. The molecule has 0 bridgehead atoms. The van der Waals surface area contributed by atoms with Crippen LogP contribution in [0.3, 0.4) is 0 Å². The fourth-order valence-electron chi connectivity index (χ4n) is 2.36. The first kappa shape index (κ1) is 18.9. The van der Waals surface area contributed by atoms with Crippen LogP contribution < -0.4 is 10.0 Å². The third-order valence-electron chi connectivity index (χ3n) is 3.68. The van der Waals surface area contributed by atoms with E-state index in [9.17, 15) is 13.2 Å². The van der Waals surface area contributed by atoms with E-state index in [0.717, 1.165) is 0 Å². The molecule has 2 aromatic carbocycles. The number of rotatable bonds is 5. The van der Waals surface area contributed by atoms with Gasteiger partial charge >= 0.3 is 0 Å². The standard InChI is InChI=1S/C18H16ClN3O4S/c1-11-3-6-15(20-18(23)16-9-12(2)21-26-16)10-17(11)27(24,25)22-14-7-4-13(19)5-8-14/h3-10,22H,1-2H3,(H,20,23). The third kappa shape index (κ3) is 4.47. The number of sulfonamides is 1. The molecule has 0 fully saturated rings. The first-order chi connectivity index (χ1) is 12.7. The Kier molecular flexibility index (Phi) is 5.20. The summed E-state index contributed by atoms with van der Waals surface area (Å²) in [5, 5.41) is 6.75. The van der Waals surface area contributed by atoms with E-state index < -0.39 is 15.9 Å². The lowest BCUT2D eigenvalue weighted by Crippen LogP contribution is -2.16. The molecule has 0 unspecified atom stereocenters. The maximum atomic E-state index is 12.7. The van der Waals surface area contributed by atoms with E-state index in [1.165, 1.54) is 12.1 Å². The van der Waals surface area contributed by atoms with Gasteiger partial charge in [0.2, 0.25) is 5.76 Å². The topological polar surface area (TPSA) is 101 Å². The zero-order valence-electron chi connectivity index (χ0n) is 14.5. The van der Waals surface area contributed by atoms with Crippen molar-refractivity contribution in [1.29, 1.82) is 0 Å². The van der Waals surface area contributed by atoms with E-state index >= 15 is 0 Å². The van der Waals surface area contributed by atoms with Crippen LogP contribution in [0.2, 0.25) is 5.02 Å². The molecule has 0 radical (unpaired) electrons. The summed E-state index contributed by atoms with van der Waals surface area (Å²) in [4.78, 5) is 12.2. The van der Waals surface area contributed by atoms with Crippen LogP contribution in [0.1, 0.15) is 21.8 Å². The molecule has 3 rings (SSSR count). The van der Waals surface area contributed by atoms with Crippen LogP contribution in [0.5, 0.6) is 0 Å². The van der Waals surface area contributed by atoms with E-state index in [-0.39, 0.29) is 10.7 Å². The molecule has 1 aromatic heterocycles. The predicted octanol–water partition coefficient (Wildman–Crippen LogP) is 4.00. The van der Waals surface area contributed by atoms with Gasteiger partial charge in [0.15, 0.2) is 0 Å². The van der Waals surface area contributed by atoms with Crippen molar-refractivity contribution in [2.24, 2.45) is 0 Å². The first-order valence-corrected chi connectivity index (χ1v) is 9.74. The Morgan fingerprint density at radius 3 is 2.33 bits per heavy atom. The lowest BCUT2D eigenvalue weighted by Gasteiger charge is -2.12. The number of halogens is 1. The summed E-state index contributed by atoms with van der Waals surface area (Å²) < 4.78 is 32.9. The average Bonchev–Trinajstić information content (AvgIpc) is 3.05. The smallest absolute Gasteiger partial charge is 0.294 e. The van der Waals surface area contributed by atoms with Gasteiger partial charge in [-0.05, 0) is 55.8 Å². The number of amides is 1. The molecule has 0 saturated heterocycles. The van der Waals surface area contributed by atoms with E-state index in [1.54, 1.807) is 50.2 Å². The molecule has 3 aromatic rings. The van der Waals surface area contributed by atoms with Crippen LogP contribution in [0.25, 0.3) is 0 Å². The highest BCUT2D eigenvalue weighted by Gasteiger charge is 2.19. The summed E-state index contributed by atoms with van der Waals surface area (Å²) in [5.74, 6) is -0.481. The Balaban J connectivity index is 1.85. The molecule has 0 aliphatic carbocycles. The van der Waals surface area contributed by atoms with Gasteiger partial charge in [0.25, 0.3) is 15.9 Å². The van der Waals surface area contributed by atoms with Gasteiger partial charge in [0.1, 0.15) is 0 Å². The summed E-state index contributed by atoms with van der Waals surface area (Å²) in [6.07, 6.45) is 0. The lowest BCUT2D eigenvalue weighted by molar-refractivity contribution is 0.0988. The number of hydrogen-bond acceptors (Lipinski definition) is 5. The van der Waals surface area contributed by atoms with Crippen molar-refractivity contribution < 1.29 is 17.7 Å². The molecule has 7 nitrogen and oxygen atoms in total. The van der Waals surface area contributed by atoms with Gasteiger partial charge in [-0.1, -0.05) is 22.8 Å². The molecule has 0 saturated carbocycles. The summed E-state index contributed by atoms with van der Waals surface area (Å²) in [6, 6.07) is 12.4. The highest BCUT2D eigenvalue weighted by Crippen LogP contribution is 2.24. The second-order valence-electron chi connectivity index (χ2n) is 5.88. The van der Waals surface area contributed by atoms with Crippen LogP contribution in [-0.4, -0.2) is 19.5 Å². The van der Waals surface area contributed by atoms with Crippen molar-refractivity contribution in [3.8, 4) is 0 Å². The van der Waals surface area contributed by atoms with Crippen molar-refractivity contribution in [3.05, 3.63) is 70.6 Å². The second-order valence-corrected chi connectivity index (χ2v) is 7.97. The molecular weight excluding hydrogens is 390 g/mol. The van der Waals surface area contributed by atoms with Crippen molar-refractivity contribution >= 4 is 38.9 Å². The summed E-state index contributed by atoms with van der Waals surface area (Å²) in [7, 11) is -3.86. The zero-order valence-corrected chi connectivity index (χ0v) is 16.1. The highest BCUT2D eigenvalue weighted by atomic mass is 35.5. The Morgan fingerprint density at radius 1 is 1.04 bits per heavy atom. The van der Waals surface area contributed by atoms with Crippen molar-refractivity contribution in [2.45, 2.75) is 18.7 Å². The van der Waals surface area contributed by atoms with Crippen LogP contribution >= 0.6 is 11.6 Å². The molecular formula is C18H16ClN3O4S. The predicted molar refractivity (Wildman–Crippen MR) is 103 cm³/mol. The normalized spacial score (nSPS) is 11.2.